The van der Waals surface area contributed by atoms with Crippen molar-refractivity contribution in [1.82, 2.24) is 5.43 Å². The van der Waals surface area contributed by atoms with Crippen molar-refractivity contribution in [2.75, 3.05) is 11.9 Å². The predicted molar refractivity (Wildman–Crippen MR) is 97.9 cm³/mol. The zero-order chi connectivity index (χ0) is 17.4. The quantitative estimate of drug-likeness (QED) is 0.594. The normalized spacial score (nSPS) is 12.0. The highest BCUT2D eigenvalue weighted by atomic mass is 35.5. The first-order chi connectivity index (χ1) is 11.6. The molecule has 1 unspecified atom stereocenters. The number of hydrazone groups is 1. The van der Waals surface area contributed by atoms with E-state index in [0.29, 0.717) is 11.6 Å². The zero-order valence-electron chi connectivity index (χ0n) is 13.6. The maximum atomic E-state index is 12.0. The summed E-state index contributed by atoms with van der Waals surface area (Å²) in [5.41, 5.74) is 4.15. The van der Waals surface area contributed by atoms with Gasteiger partial charge in [0.25, 0.3) is 5.91 Å². The van der Waals surface area contributed by atoms with E-state index in [-0.39, 0.29) is 5.91 Å². The van der Waals surface area contributed by atoms with Crippen LogP contribution in [-0.2, 0) is 4.79 Å². The van der Waals surface area contributed by atoms with E-state index in [2.05, 4.69) is 15.8 Å². The summed E-state index contributed by atoms with van der Waals surface area (Å²) >= 11 is 5.89. The number of nitrogens with one attached hydrogen (secondary N) is 2. The van der Waals surface area contributed by atoms with E-state index in [1.54, 1.807) is 25.3 Å². The Morgan fingerprint density at radius 2 is 2.04 bits per heavy atom. The van der Waals surface area contributed by atoms with Crippen molar-refractivity contribution in [3.63, 3.8) is 0 Å². The molecular formula is C18H20ClN3O2. The lowest BCUT2D eigenvalue weighted by Crippen LogP contribution is -2.34. The smallest absolute Gasteiger partial charge is 0.262 e. The van der Waals surface area contributed by atoms with E-state index in [4.69, 9.17) is 16.3 Å². The summed E-state index contributed by atoms with van der Waals surface area (Å²) in [5, 5.41) is 7.67. The number of ether oxygens (including phenoxy) is 1. The number of rotatable bonds is 7. The summed E-state index contributed by atoms with van der Waals surface area (Å²) in [4.78, 5) is 12.0. The van der Waals surface area contributed by atoms with Gasteiger partial charge in [-0.25, -0.2) is 5.43 Å². The van der Waals surface area contributed by atoms with Gasteiger partial charge >= 0.3 is 0 Å². The average Bonchev–Trinajstić information content (AvgIpc) is 2.57. The molecule has 2 aromatic carbocycles. The molecule has 1 atom stereocenters. The third-order valence-corrected chi connectivity index (χ3v) is 3.41. The van der Waals surface area contributed by atoms with E-state index in [1.807, 2.05) is 43.3 Å². The van der Waals surface area contributed by atoms with Crippen molar-refractivity contribution in [3.8, 4) is 5.75 Å². The number of hydrogen-bond donors (Lipinski definition) is 2. The van der Waals surface area contributed by atoms with Crippen LogP contribution in [0.3, 0.4) is 0 Å². The Morgan fingerprint density at radius 3 is 2.71 bits per heavy atom. The molecule has 0 saturated carbocycles. The molecule has 24 heavy (non-hydrogen) atoms. The second kappa shape index (κ2) is 8.93. The molecule has 0 bridgehead atoms. The van der Waals surface area contributed by atoms with Gasteiger partial charge in [0.15, 0.2) is 0 Å². The number of anilines is 1. The van der Waals surface area contributed by atoms with Crippen LogP contribution in [0, 0.1) is 0 Å². The van der Waals surface area contributed by atoms with Gasteiger partial charge in [0.2, 0.25) is 0 Å². The van der Waals surface area contributed by atoms with Crippen LogP contribution in [0.1, 0.15) is 19.4 Å². The first kappa shape index (κ1) is 17.8. The first-order valence-corrected chi connectivity index (χ1v) is 8.04. The lowest BCUT2D eigenvalue weighted by atomic mass is 10.2. The number of hydrogen-bond acceptors (Lipinski definition) is 4. The van der Waals surface area contributed by atoms with Gasteiger partial charge in [0, 0.05) is 10.7 Å². The SMILES string of the molecule is CCOc1ccc(NC(C)C(=O)NN=Cc2cccc(Cl)c2)cc1. The Bertz CT molecular complexity index is 702. The fourth-order valence-electron chi connectivity index (χ4n) is 1.98. The zero-order valence-corrected chi connectivity index (χ0v) is 14.4. The van der Waals surface area contributed by atoms with E-state index in [9.17, 15) is 4.79 Å². The molecule has 126 valence electrons. The highest BCUT2D eigenvalue weighted by Crippen LogP contribution is 2.16. The van der Waals surface area contributed by atoms with E-state index < -0.39 is 6.04 Å². The van der Waals surface area contributed by atoms with Crippen molar-refractivity contribution >= 4 is 29.4 Å². The Morgan fingerprint density at radius 1 is 1.29 bits per heavy atom. The minimum Gasteiger partial charge on any atom is -0.494 e. The van der Waals surface area contributed by atoms with Crippen molar-refractivity contribution in [1.29, 1.82) is 0 Å². The first-order valence-electron chi connectivity index (χ1n) is 7.66. The molecule has 0 fully saturated rings. The van der Waals surface area contributed by atoms with Gasteiger partial charge in [-0.05, 0) is 55.8 Å². The highest BCUT2D eigenvalue weighted by molar-refractivity contribution is 6.30. The predicted octanol–water partition coefficient (Wildman–Crippen LogP) is 3.69. The van der Waals surface area contributed by atoms with Crippen LogP contribution in [-0.4, -0.2) is 24.8 Å². The van der Waals surface area contributed by atoms with Gasteiger partial charge in [0.05, 0.1) is 12.8 Å². The summed E-state index contributed by atoms with van der Waals surface area (Å²) in [6.45, 7) is 4.32. The van der Waals surface area contributed by atoms with Crippen molar-refractivity contribution in [2.24, 2.45) is 5.10 Å². The molecule has 0 saturated heterocycles. The topological polar surface area (TPSA) is 62.7 Å². The minimum absolute atomic E-state index is 0.234. The Hall–Kier alpha value is -2.53. The number of halogens is 1. The second-order valence-corrected chi connectivity index (χ2v) is 5.55. The molecule has 0 aliphatic heterocycles. The van der Waals surface area contributed by atoms with E-state index >= 15 is 0 Å². The molecule has 5 nitrogen and oxygen atoms in total. The number of nitrogens with zero attached hydrogens (tertiary/aromatic N) is 1. The Labute approximate surface area is 146 Å². The third kappa shape index (κ3) is 5.59. The van der Waals surface area contributed by atoms with Crippen LogP contribution in [0.2, 0.25) is 5.02 Å². The van der Waals surface area contributed by atoms with Crippen LogP contribution in [0.4, 0.5) is 5.69 Å². The van der Waals surface area contributed by atoms with Crippen LogP contribution in [0.15, 0.2) is 53.6 Å². The molecule has 6 heteroatoms. The Balaban J connectivity index is 1.85. The van der Waals surface area contributed by atoms with Gasteiger partial charge in [-0.15, -0.1) is 0 Å². The summed E-state index contributed by atoms with van der Waals surface area (Å²) in [7, 11) is 0. The maximum absolute atomic E-state index is 12.0. The molecule has 0 spiro atoms. The molecule has 0 aliphatic carbocycles. The molecule has 0 aliphatic rings. The van der Waals surface area contributed by atoms with Gasteiger partial charge in [0.1, 0.15) is 11.8 Å². The summed E-state index contributed by atoms with van der Waals surface area (Å²) in [5.74, 6) is 0.563. The van der Waals surface area contributed by atoms with E-state index in [1.165, 1.54) is 0 Å². The third-order valence-electron chi connectivity index (χ3n) is 3.18. The van der Waals surface area contributed by atoms with Crippen LogP contribution in [0.5, 0.6) is 5.75 Å². The number of carbonyl (C=O) groups excluding carboxylic acids is 1. The number of amides is 1. The standard InChI is InChI=1S/C18H20ClN3O2/c1-3-24-17-9-7-16(8-10-17)21-13(2)18(23)22-20-12-14-5-4-6-15(19)11-14/h4-13,21H,3H2,1-2H3,(H,22,23). The van der Waals surface area contributed by atoms with E-state index in [0.717, 1.165) is 17.0 Å². The lowest BCUT2D eigenvalue weighted by molar-refractivity contribution is -0.121. The summed E-state index contributed by atoms with van der Waals surface area (Å²) < 4.78 is 5.38. The monoisotopic (exact) mass is 345 g/mol. The largest absolute Gasteiger partial charge is 0.494 e. The van der Waals surface area contributed by atoms with Crippen LogP contribution in [0.25, 0.3) is 0 Å². The Kier molecular flexibility index (Phi) is 6.63. The molecule has 2 rings (SSSR count). The number of carbonyl (C=O) groups is 1. The van der Waals surface area contributed by atoms with Crippen LogP contribution >= 0.6 is 11.6 Å². The average molecular weight is 346 g/mol. The second-order valence-electron chi connectivity index (χ2n) is 5.11. The summed E-state index contributed by atoms with van der Waals surface area (Å²) in [6, 6.07) is 14.2. The summed E-state index contributed by atoms with van der Waals surface area (Å²) in [6.07, 6.45) is 1.55. The van der Waals surface area contributed by atoms with Gasteiger partial charge < -0.3 is 10.1 Å². The molecular weight excluding hydrogens is 326 g/mol. The highest BCUT2D eigenvalue weighted by Gasteiger charge is 2.11. The minimum atomic E-state index is -0.431. The van der Waals surface area contributed by atoms with Gasteiger partial charge in [-0.1, -0.05) is 23.7 Å². The van der Waals surface area contributed by atoms with Gasteiger partial charge in [-0.3, -0.25) is 4.79 Å². The fourth-order valence-corrected chi connectivity index (χ4v) is 2.18. The molecule has 0 heterocycles. The molecule has 0 radical (unpaired) electrons. The molecule has 2 aromatic rings. The van der Waals surface area contributed by atoms with Crippen molar-refractivity contribution in [2.45, 2.75) is 19.9 Å². The van der Waals surface area contributed by atoms with Crippen molar-refractivity contribution < 1.29 is 9.53 Å². The lowest BCUT2D eigenvalue weighted by Gasteiger charge is -2.13. The number of benzene rings is 2. The fraction of sp³-hybridized carbons (Fsp3) is 0.222. The maximum Gasteiger partial charge on any atom is 0.262 e. The van der Waals surface area contributed by atoms with Crippen LogP contribution < -0.4 is 15.5 Å². The molecule has 2 N–H and O–H groups in total. The molecule has 1 amide bonds. The van der Waals surface area contributed by atoms with Crippen molar-refractivity contribution in [3.05, 3.63) is 59.1 Å². The molecule has 0 aromatic heterocycles. The van der Waals surface area contributed by atoms with Gasteiger partial charge in [-0.2, -0.15) is 5.10 Å².